The third-order valence-corrected chi connectivity index (χ3v) is 8.10. The van der Waals surface area contributed by atoms with Crippen LogP contribution in [0.5, 0.6) is 5.75 Å². The predicted molar refractivity (Wildman–Crippen MR) is 97.9 cm³/mol. The minimum absolute atomic E-state index is 0.0796. The molecule has 6 nitrogen and oxygen atoms in total. The van der Waals surface area contributed by atoms with E-state index in [1.54, 1.807) is 12.1 Å². The Morgan fingerprint density at radius 1 is 1.15 bits per heavy atom. The van der Waals surface area contributed by atoms with Gasteiger partial charge in [-0.2, -0.15) is 8.42 Å². The molecule has 27 heavy (non-hydrogen) atoms. The smallest absolute Gasteiger partial charge is 0.362 e. The van der Waals surface area contributed by atoms with E-state index in [1.165, 1.54) is 5.56 Å². The van der Waals surface area contributed by atoms with Gasteiger partial charge in [0.05, 0.1) is 13.2 Å². The van der Waals surface area contributed by atoms with Crippen LogP contribution in [-0.4, -0.2) is 32.0 Å². The molecule has 0 bridgehead atoms. The van der Waals surface area contributed by atoms with Crippen molar-refractivity contribution in [2.45, 2.75) is 57.2 Å². The second kappa shape index (κ2) is 5.92. The quantitative estimate of drug-likeness (QED) is 0.774. The zero-order valence-corrected chi connectivity index (χ0v) is 16.3. The molecule has 7 heteroatoms. The molecule has 148 valence electrons. The Morgan fingerprint density at radius 2 is 1.93 bits per heavy atom. The number of fused-ring (bicyclic) bond motifs is 6. The van der Waals surface area contributed by atoms with E-state index in [0.717, 1.165) is 44.1 Å². The first kappa shape index (κ1) is 17.9. The van der Waals surface area contributed by atoms with Gasteiger partial charge in [0.2, 0.25) is 0 Å². The molecule has 2 saturated carbocycles. The standard InChI is InChI=1S/C20H26O6S/c1-19-8-6-16-15-5-3-14(26-27(21,22)23)12-13(15)2-4-17(16)18(19)7-9-20(19)24-10-11-25-20/h3,5,12,16-18H,2,4,6-11H2,1H3,(H,21,22,23)/t16-,17-,18+,19+/m1/s1. The topological polar surface area (TPSA) is 82.1 Å². The summed E-state index contributed by atoms with van der Waals surface area (Å²) in [6.45, 7) is 3.77. The fourth-order valence-electron chi connectivity index (χ4n) is 6.62. The second-order valence-corrected chi connectivity index (χ2v) is 9.75. The summed E-state index contributed by atoms with van der Waals surface area (Å²) in [5.41, 5.74) is 2.53. The Bertz CT molecular complexity index is 859. The normalized spacial score (nSPS) is 36.9. The molecule has 1 heterocycles. The summed E-state index contributed by atoms with van der Waals surface area (Å²) in [5.74, 6) is 1.50. The van der Waals surface area contributed by atoms with Gasteiger partial charge in [0.15, 0.2) is 5.79 Å². The van der Waals surface area contributed by atoms with Crippen molar-refractivity contribution in [2.24, 2.45) is 17.3 Å². The lowest BCUT2D eigenvalue weighted by Crippen LogP contribution is -2.51. The lowest BCUT2D eigenvalue weighted by molar-refractivity contribution is -0.237. The van der Waals surface area contributed by atoms with Gasteiger partial charge >= 0.3 is 10.4 Å². The van der Waals surface area contributed by atoms with Gasteiger partial charge in [-0.15, -0.1) is 0 Å². The Kier molecular flexibility index (Phi) is 3.93. The lowest BCUT2D eigenvalue weighted by Gasteiger charge is -2.52. The van der Waals surface area contributed by atoms with Crippen molar-refractivity contribution in [3.05, 3.63) is 29.3 Å². The van der Waals surface area contributed by atoms with Crippen molar-refractivity contribution >= 4 is 10.4 Å². The lowest BCUT2D eigenvalue weighted by atomic mass is 9.55. The molecule has 1 N–H and O–H groups in total. The number of rotatable bonds is 2. The van der Waals surface area contributed by atoms with E-state index in [-0.39, 0.29) is 17.0 Å². The van der Waals surface area contributed by atoms with Crippen molar-refractivity contribution in [1.29, 1.82) is 0 Å². The van der Waals surface area contributed by atoms with Crippen molar-refractivity contribution in [3.63, 3.8) is 0 Å². The Balaban J connectivity index is 1.44. The number of hydrogen-bond donors (Lipinski definition) is 1. The van der Waals surface area contributed by atoms with Crippen molar-refractivity contribution in [3.8, 4) is 5.75 Å². The maximum atomic E-state index is 11.0. The fraction of sp³-hybridized carbons (Fsp3) is 0.700. The zero-order chi connectivity index (χ0) is 18.9. The van der Waals surface area contributed by atoms with Crippen LogP contribution in [-0.2, 0) is 26.3 Å². The van der Waals surface area contributed by atoms with Crippen LogP contribution in [0.1, 0.15) is 56.1 Å². The third-order valence-electron chi connectivity index (χ3n) is 7.70. The zero-order valence-electron chi connectivity index (χ0n) is 15.5. The van der Waals surface area contributed by atoms with E-state index < -0.39 is 10.4 Å². The molecule has 5 rings (SSSR count). The summed E-state index contributed by atoms with van der Waals surface area (Å²) in [6.07, 6.45) is 6.31. The first-order valence-corrected chi connectivity index (χ1v) is 11.3. The highest BCUT2D eigenvalue weighted by molar-refractivity contribution is 7.81. The number of benzene rings is 1. The summed E-state index contributed by atoms with van der Waals surface area (Å²) >= 11 is 0. The van der Waals surface area contributed by atoms with E-state index in [2.05, 4.69) is 11.1 Å². The van der Waals surface area contributed by atoms with Gasteiger partial charge in [-0.1, -0.05) is 13.0 Å². The van der Waals surface area contributed by atoms with Gasteiger partial charge in [0.25, 0.3) is 0 Å². The summed E-state index contributed by atoms with van der Waals surface area (Å²) in [6, 6.07) is 5.41. The van der Waals surface area contributed by atoms with Gasteiger partial charge in [-0.05, 0) is 73.1 Å². The average molecular weight is 394 g/mol. The SMILES string of the molecule is C[C@]12CC[C@@H]3c4ccc(OS(=O)(=O)O)cc4CC[C@H]3[C@@H]1CCC21OCCO1. The van der Waals surface area contributed by atoms with E-state index in [0.29, 0.717) is 31.0 Å². The summed E-state index contributed by atoms with van der Waals surface area (Å²) in [4.78, 5) is 0. The second-order valence-electron chi connectivity index (χ2n) is 8.73. The maximum Gasteiger partial charge on any atom is 0.446 e. The molecule has 1 aromatic carbocycles. The van der Waals surface area contributed by atoms with Crippen molar-refractivity contribution in [2.75, 3.05) is 13.2 Å². The van der Waals surface area contributed by atoms with Crippen molar-refractivity contribution in [1.82, 2.24) is 0 Å². The molecule has 1 aromatic rings. The molecule has 0 radical (unpaired) electrons. The molecule has 4 aliphatic rings. The van der Waals surface area contributed by atoms with E-state index in [9.17, 15) is 8.42 Å². The van der Waals surface area contributed by atoms with Gasteiger partial charge in [-0.3, -0.25) is 4.55 Å². The summed E-state index contributed by atoms with van der Waals surface area (Å²) in [7, 11) is -4.49. The van der Waals surface area contributed by atoms with Crippen LogP contribution in [0.2, 0.25) is 0 Å². The molecule has 0 unspecified atom stereocenters. The minimum atomic E-state index is -4.49. The summed E-state index contributed by atoms with van der Waals surface area (Å²) in [5, 5.41) is 0. The van der Waals surface area contributed by atoms with Crippen LogP contribution in [0.4, 0.5) is 0 Å². The molecule has 3 fully saturated rings. The Hall–Kier alpha value is -1.15. The Morgan fingerprint density at radius 3 is 2.67 bits per heavy atom. The van der Waals surface area contributed by atoms with E-state index >= 15 is 0 Å². The van der Waals surface area contributed by atoms with Crippen LogP contribution in [0.15, 0.2) is 18.2 Å². The van der Waals surface area contributed by atoms with Crippen LogP contribution >= 0.6 is 0 Å². The molecule has 1 aliphatic heterocycles. The molecule has 1 spiro atoms. The third kappa shape index (κ3) is 2.66. The van der Waals surface area contributed by atoms with Crippen LogP contribution < -0.4 is 4.18 Å². The van der Waals surface area contributed by atoms with Crippen molar-refractivity contribution < 1.29 is 26.6 Å². The fourth-order valence-corrected chi connectivity index (χ4v) is 6.96. The van der Waals surface area contributed by atoms with Gasteiger partial charge in [0, 0.05) is 11.8 Å². The highest BCUT2D eigenvalue weighted by atomic mass is 32.3. The highest BCUT2D eigenvalue weighted by Gasteiger charge is 2.64. The van der Waals surface area contributed by atoms with Gasteiger partial charge < -0.3 is 13.7 Å². The summed E-state index contributed by atoms with van der Waals surface area (Å²) < 4.78 is 47.9. The molecule has 0 amide bonds. The Labute approximate surface area is 160 Å². The van der Waals surface area contributed by atoms with E-state index in [4.69, 9.17) is 14.0 Å². The van der Waals surface area contributed by atoms with Crippen LogP contribution in [0.3, 0.4) is 0 Å². The number of ether oxygens (including phenoxy) is 2. The minimum Gasteiger partial charge on any atom is -0.362 e. The largest absolute Gasteiger partial charge is 0.446 e. The first-order chi connectivity index (χ1) is 12.8. The molecule has 3 aliphatic carbocycles. The van der Waals surface area contributed by atoms with Gasteiger partial charge in [-0.25, -0.2) is 0 Å². The van der Waals surface area contributed by atoms with Gasteiger partial charge in [0.1, 0.15) is 5.75 Å². The average Bonchev–Trinajstić information content (AvgIpc) is 3.20. The number of aryl methyl sites for hydroxylation is 1. The monoisotopic (exact) mass is 394 g/mol. The molecule has 1 saturated heterocycles. The molecular weight excluding hydrogens is 368 g/mol. The van der Waals surface area contributed by atoms with Crippen LogP contribution in [0, 0.1) is 17.3 Å². The highest BCUT2D eigenvalue weighted by Crippen LogP contribution is 2.66. The maximum absolute atomic E-state index is 11.0. The number of hydrogen-bond acceptors (Lipinski definition) is 5. The molecule has 0 aromatic heterocycles. The predicted octanol–water partition coefficient (Wildman–Crippen LogP) is 3.47. The molecule has 4 atom stereocenters. The van der Waals surface area contributed by atoms with E-state index in [1.807, 2.05) is 6.07 Å². The van der Waals surface area contributed by atoms with Crippen LogP contribution in [0.25, 0.3) is 0 Å². The molecular formula is C20H26O6S. The first-order valence-electron chi connectivity index (χ1n) is 9.89.